The molecule has 0 heterocycles. The second-order valence-corrected chi connectivity index (χ2v) is 21.0. The topological polar surface area (TPSA) is 0 Å². The zero-order valence-corrected chi connectivity index (χ0v) is 40.1. The fraction of sp³-hybridized carbons (Fsp3) is 0.0556. The standard InChI is InChI=1S/C72H46/c1-71(2)62-28-14-11-20-50(62)53-38-37-47(42-65(53)71)67-57-26-9-7-24-55(57)66(56-25-8-10-27-58(56)67)45-33-31-43(32-34-45)46-36-39-59-61(41-46)49-19-5-6-23-54(49)68-60-40-35-44-17-3-4-18-48(44)69(60)72(70(59)68)63-29-15-12-21-51(63)52-22-13-16-30-64(52)72/h3-42H,1-2H3. The number of benzene rings is 13. The highest BCUT2D eigenvalue weighted by Gasteiger charge is 2.53. The maximum absolute atomic E-state index is 2.48. The van der Waals surface area contributed by atoms with Crippen LogP contribution in [-0.2, 0) is 10.8 Å². The van der Waals surface area contributed by atoms with Crippen LogP contribution in [0.3, 0.4) is 0 Å². The highest BCUT2D eigenvalue weighted by Crippen LogP contribution is 2.66. The van der Waals surface area contributed by atoms with Crippen molar-refractivity contribution in [2.75, 3.05) is 0 Å². The van der Waals surface area contributed by atoms with E-state index in [0.29, 0.717) is 0 Å². The maximum atomic E-state index is 2.48. The SMILES string of the molecule is CC1(C)c2ccccc2-c2ccc(-c3c4ccccc4c(-c4ccc(-c5ccc6c7c(c8ccccc8c6c5)-c5ccc6ccccc6c5C75c6ccccc6-c6ccccc65)cc4)c4ccccc34)cc21. The quantitative estimate of drug-likeness (QED) is 0.122. The predicted octanol–water partition coefficient (Wildman–Crippen LogP) is 19.1. The van der Waals surface area contributed by atoms with Gasteiger partial charge in [0.25, 0.3) is 0 Å². The summed E-state index contributed by atoms with van der Waals surface area (Å²) < 4.78 is 0. The van der Waals surface area contributed by atoms with Gasteiger partial charge in [-0.3, -0.25) is 0 Å². The van der Waals surface area contributed by atoms with Crippen LogP contribution < -0.4 is 0 Å². The van der Waals surface area contributed by atoms with E-state index in [1.807, 2.05) is 0 Å². The van der Waals surface area contributed by atoms with Gasteiger partial charge < -0.3 is 0 Å². The largest absolute Gasteiger partial charge is 0.0737 e. The molecule has 0 atom stereocenters. The van der Waals surface area contributed by atoms with Crippen LogP contribution in [0.4, 0.5) is 0 Å². The van der Waals surface area contributed by atoms with Gasteiger partial charge in [0.2, 0.25) is 0 Å². The van der Waals surface area contributed by atoms with E-state index in [0.717, 1.165) is 0 Å². The lowest BCUT2D eigenvalue weighted by atomic mass is 9.68. The molecule has 3 aliphatic rings. The minimum Gasteiger partial charge on any atom is -0.0619 e. The Kier molecular flexibility index (Phi) is 7.98. The van der Waals surface area contributed by atoms with Crippen LogP contribution in [0.1, 0.15) is 47.2 Å². The fourth-order valence-electron chi connectivity index (χ4n) is 14.3. The van der Waals surface area contributed by atoms with E-state index in [9.17, 15) is 0 Å². The molecule has 0 saturated carbocycles. The van der Waals surface area contributed by atoms with Gasteiger partial charge in [0.15, 0.2) is 0 Å². The van der Waals surface area contributed by atoms with Crippen LogP contribution in [0.25, 0.3) is 121 Å². The van der Waals surface area contributed by atoms with Gasteiger partial charge in [0.05, 0.1) is 5.41 Å². The van der Waals surface area contributed by atoms with Crippen LogP contribution in [0.15, 0.2) is 243 Å². The van der Waals surface area contributed by atoms with Crippen molar-refractivity contribution in [1.29, 1.82) is 0 Å². The molecule has 0 unspecified atom stereocenters. The van der Waals surface area contributed by atoms with Crippen LogP contribution in [0, 0.1) is 0 Å². The first-order chi connectivity index (χ1) is 35.5. The van der Waals surface area contributed by atoms with E-state index < -0.39 is 5.41 Å². The summed E-state index contributed by atoms with van der Waals surface area (Å²) in [6.45, 7) is 4.75. The summed E-state index contributed by atoms with van der Waals surface area (Å²) in [5, 5.41) is 12.9. The molecule has 0 saturated heterocycles. The lowest BCUT2D eigenvalue weighted by molar-refractivity contribution is 0.660. The molecule has 0 aliphatic heterocycles. The molecule has 13 aromatic rings. The lowest BCUT2D eigenvalue weighted by Crippen LogP contribution is -2.26. The van der Waals surface area contributed by atoms with E-state index in [4.69, 9.17) is 0 Å². The Balaban J connectivity index is 0.880. The smallest absolute Gasteiger partial charge is 0.0619 e. The molecule has 0 nitrogen and oxygen atoms in total. The Morgan fingerprint density at radius 2 is 0.681 bits per heavy atom. The van der Waals surface area contributed by atoms with E-state index in [1.165, 1.54) is 154 Å². The first-order valence-corrected chi connectivity index (χ1v) is 25.5. The molecular weight excluding hydrogens is 865 g/mol. The van der Waals surface area contributed by atoms with E-state index in [1.54, 1.807) is 0 Å². The summed E-state index contributed by atoms with van der Waals surface area (Å²) in [4.78, 5) is 0. The molecule has 0 heteroatoms. The van der Waals surface area contributed by atoms with Crippen molar-refractivity contribution >= 4 is 53.9 Å². The monoisotopic (exact) mass is 910 g/mol. The maximum Gasteiger partial charge on any atom is 0.0737 e. The first kappa shape index (κ1) is 39.9. The lowest BCUT2D eigenvalue weighted by Gasteiger charge is -2.32. The van der Waals surface area contributed by atoms with Crippen LogP contribution in [0.5, 0.6) is 0 Å². The molecule has 0 N–H and O–H groups in total. The number of hydrogen-bond donors (Lipinski definition) is 0. The molecule has 72 heavy (non-hydrogen) atoms. The summed E-state index contributed by atoms with van der Waals surface area (Å²) in [5.41, 5.74) is 23.3. The highest BCUT2D eigenvalue weighted by atomic mass is 14.5. The van der Waals surface area contributed by atoms with Crippen LogP contribution in [-0.4, -0.2) is 0 Å². The van der Waals surface area contributed by atoms with Crippen molar-refractivity contribution in [2.24, 2.45) is 0 Å². The van der Waals surface area contributed by atoms with Crippen LogP contribution in [0.2, 0.25) is 0 Å². The van der Waals surface area contributed by atoms with Gasteiger partial charge in [0.1, 0.15) is 0 Å². The average molecular weight is 911 g/mol. The van der Waals surface area contributed by atoms with Crippen molar-refractivity contribution in [3.05, 3.63) is 276 Å². The average Bonchev–Trinajstić information content (AvgIpc) is 4.01. The molecule has 0 aromatic heterocycles. The number of rotatable bonds is 3. The third kappa shape index (κ3) is 5.06. The molecular formula is C72H46. The van der Waals surface area contributed by atoms with Crippen molar-refractivity contribution in [3.8, 4) is 66.8 Å². The summed E-state index contributed by atoms with van der Waals surface area (Å²) >= 11 is 0. The molecule has 0 radical (unpaired) electrons. The molecule has 0 bridgehead atoms. The van der Waals surface area contributed by atoms with Crippen molar-refractivity contribution in [2.45, 2.75) is 24.7 Å². The zero-order valence-electron chi connectivity index (χ0n) is 40.1. The molecule has 13 aromatic carbocycles. The van der Waals surface area contributed by atoms with Gasteiger partial charge in [-0.25, -0.2) is 0 Å². The van der Waals surface area contributed by atoms with Gasteiger partial charge in [-0.05, 0) is 166 Å². The second-order valence-electron chi connectivity index (χ2n) is 21.0. The van der Waals surface area contributed by atoms with Crippen molar-refractivity contribution < 1.29 is 0 Å². The molecule has 334 valence electrons. The second kappa shape index (κ2) is 14.4. The summed E-state index contributed by atoms with van der Waals surface area (Å²) in [7, 11) is 0. The third-order valence-electron chi connectivity index (χ3n) is 17.2. The summed E-state index contributed by atoms with van der Waals surface area (Å²) in [6, 6.07) is 92.2. The van der Waals surface area contributed by atoms with Gasteiger partial charge in [-0.15, -0.1) is 0 Å². The van der Waals surface area contributed by atoms with E-state index in [-0.39, 0.29) is 5.41 Å². The Bertz CT molecular complexity index is 4420. The van der Waals surface area contributed by atoms with Gasteiger partial charge in [-0.1, -0.05) is 244 Å². The molecule has 1 spiro atoms. The fourth-order valence-corrected chi connectivity index (χ4v) is 14.3. The third-order valence-corrected chi connectivity index (χ3v) is 17.2. The predicted molar refractivity (Wildman–Crippen MR) is 304 cm³/mol. The first-order valence-electron chi connectivity index (χ1n) is 25.5. The summed E-state index contributed by atoms with van der Waals surface area (Å²) in [5.74, 6) is 0. The van der Waals surface area contributed by atoms with Crippen molar-refractivity contribution in [1.82, 2.24) is 0 Å². The minimum absolute atomic E-state index is 0.0782. The Morgan fingerprint density at radius 1 is 0.236 bits per heavy atom. The Morgan fingerprint density at radius 3 is 1.32 bits per heavy atom. The van der Waals surface area contributed by atoms with Gasteiger partial charge >= 0.3 is 0 Å². The molecule has 16 rings (SSSR count). The van der Waals surface area contributed by atoms with E-state index in [2.05, 4.69) is 257 Å². The van der Waals surface area contributed by atoms with E-state index >= 15 is 0 Å². The Hall–Kier alpha value is -8.84. The number of hydrogen-bond acceptors (Lipinski definition) is 0. The Labute approximate surface area is 419 Å². The highest BCUT2D eigenvalue weighted by molar-refractivity contribution is 6.23. The van der Waals surface area contributed by atoms with Gasteiger partial charge in [-0.2, -0.15) is 0 Å². The molecule has 0 fully saturated rings. The molecule has 3 aliphatic carbocycles. The number of fused-ring (bicyclic) bond motifs is 22. The van der Waals surface area contributed by atoms with Gasteiger partial charge in [0, 0.05) is 5.41 Å². The van der Waals surface area contributed by atoms with Crippen LogP contribution >= 0.6 is 0 Å². The minimum atomic E-state index is -0.492. The zero-order chi connectivity index (χ0) is 47.5. The summed E-state index contributed by atoms with van der Waals surface area (Å²) in [6.07, 6.45) is 0. The molecule has 0 amide bonds. The normalized spacial score (nSPS) is 14.2. The van der Waals surface area contributed by atoms with Crippen molar-refractivity contribution in [3.63, 3.8) is 0 Å².